The number of benzene rings is 3. The number of hydrogen-bond acceptors (Lipinski definition) is 5. The molecular formula is C25H18ClN5O2. The number of rotatable bonds is 5. The van der Waals surface area contributed by atoms with Gasteiger partial charge in [-0.15, -0.1) is 10.2 Å². The Kier molecular flexibility index (Phi) is 5.46. The van der Waals surface area contributed by atoms with E-state index in [4.69, 9.17) is 16.3 Å². The molecule has 0 aliphatic carbocycles. The Hall–Kier alpha value is -4.23. The molecule has 3 aromatic carbocycles. The molecule has 0 saturated carbocycles. The maximum atomic E-state index is 12.9. The molecule has 0 fully saturated rings. The van der Waals surface area contributed by atoms with Crippen molar-refractivity contribution in [3.8, 4) is 22.6 Å². The minimum Gasteiger partial charge on any atom is -0.457 e. The smallest absolute Gasteiger partial charge is 0.278 e. The lowest BCUT2D eigenvalue weighted by atomic mass is 10.1. The molecule has 2 heterocycles. The van der Waals surface area contributed by atoms with Crippen molar-refractivity contribution in [3.05, 3.63) is 101 Å². The summed E-state index contributed by atoms with van der Waals surface area (Å²) in [5.41, 5.74) is 3.68. The lowest BCUT2D eigenvalue weighted by Gasteiger charge is -2.09. The number of aryl methyl sites for hydroxylation is 1. The van der Waals surface area contributed by atoms with E-state index in [1.54, 1.807) is 54.0 Å². The number of halogens is 1. The van der Waals surface area contributed by atoms with Crippen LogP contribution in [0.25, 0.3) is 16.8 Å². The van der Waals surface area contributed by atoms with Crippen molar-refractivity contribution in [3.63, 3.8) is 0 Å². The monoisotopic (exact) mass is 455 g/mol. The molecule has 162 valence electrons. The number of nitrogens with zero attached hydrogens (tertiary/aromatic N) is 4. The van der Waals surface area contributed by atoms with Gasteiger partial charge in [0.15, 0.2) is 11.3 Å². The summed E-state index contributed by atoms with van der Waals surface area (Å²) in [6.07, 6.45) is 1.70. The predicted octanol–water partition coefficient (Wildman–Crippen LogP) is 5.80. The van der Waals surface area contributed by atoms with Crippen molar-refractivity contribution in [1.29, 1.82) is 0 Å². The molecule has 0 radical (unpaired) electrons. The molecule has 8 heteroatoms. The standard InChI is InChI=1S/C25H18ClN5O2/c1-16-23(29-30-24-22(15-27-31(16)24)17-7-9-18(26)10-8-17)25(32)28-19-11-13-21(14-12-19)33-20-5-3-2-4-6-20/h2-15H,1H3,(H,28,32). The van der Waals surface area contributed by atoms with Crippen LogP contribution in [0.2, 0.25) is 5.02 Å². The second-order valence-electron chi connectivity index (χ2n) is 7.33. The first-order valence-electron chi connectivity index (χ1n) is 10.2. The molecule has 1 N–H and O–H groups in total. The highest BCUT2D eigenvalue weighted by Gasteiger charge is 2.18. The van der Waals surface area contributed by atoms with Crippen LogP contribution in [0, 0.1) is 6.92 Å². The molecule has 0 unspecified atom stereocenters. The van der Waals surface area contributed by atoms with E-state index in [0.29, 0.717) is 27.8 Å². The number of aromatic nitrogens is 4. The summed E-state index contributed by atoms with van der Waals surface area (Å²) in [6, 6.07) is 24.0. The quantitative estimate of drug-likeness (QED) is 0.362. The van der Waals surface area contributed by atoms with Crippen molar-refractivity contribution in [1.82, 2.24) is 19.8 Å². The van der Waals surface area contributed by atoms with Crippen LogP contribution in [0.5, 0.6) is 11.5 Å². The molecule has 0 atom stereocenters. The van der Waals surface area contributed by atoms with Gasteiger partial charge in [0.25, 0.3) is 5.91 Å². The second kappa shape index (κ2) is 8.72. The highest BCUT2D eigenvalue weighted by Crippen LogP contribution is 2.26. The number of nitrogens with one attached hydrogen (secondary N) is 1. The Morgan fingerprint density at radius 1 is 0.909 bits per heavy atom. The summed E-state index contributed by atoms with van der Waals surface area (Å²) in [4.78, 5) is 12.9. The zero-order chi connectivity index (χ0) is 22.8. The first-order chi connectivity index (χ1) is 16.1. The van der Waals surface area contributed by atoms with E-state index < -0.39 is 0 Å². The fourth-order valence-corrected chi connectivity index (χ4v) is 3.54. The number of para-hydroxylation sites is 1. The van der Waals surface area contributed by atoms with Crippen LogP contribution < -0.4 is 10.1 Å². The molecule has 7 nitrogen and oxygen atoms in total. The molecule has 0 spiro atoms. The highest BCUT2D eigenvalue weighted by atomic mass is 35.5. The van der Waals surface area contributed by atoms with E-state index in [9.17, 15) is 4.79 Å². The molecule has 0 bridgehead atoms. The van der Waals surface area contributed by atoms with Crippen LogP contribution in [0.3, 0.4) is 0 Å². The molecule has 1 amide bonds. The number of carbonyl (C=O) groups is 1. The number of carbonyl (C=O) groups excluding carboxylic acids is 1. The van der Waals surface area contributed by atoms with Gasteiger partial charge in [-0.2, -0.15) is 5.10 Å². The summed E-state index contributed by atoms with van der Waals surface area (Å²) in [6.45, 7) is 1.78. The average molecular weight is 456 g/mol. The fourth-order valence-electron chi connectivity index (χ4n) is 3.42. The Bertz CT molecular complexity index is 1430. The number of hydrogen-bond donors (Lipinski definition) is 1. The van der Waals surface area contributed by atoms with Gasteiger partial charge < -0.3 is 10.1 Å². The lowest BCUT2D eigenvalue weighted by Crippen LogP contribution is -2.18. The SMILES string of the molecule is Cc1c(C(=O)Nc2ccc(Oc3ccccc3)cc2)nnc2c(-c3ccc(Cl)cc3)cnn12. The predicted molar refractivity (Wildman–Crippen MR) is 127 cm³/mol. The van der Waals surface area contributed by atoms with Gasteiger partial charge in [-0.1, -0.05) is 41.9 Å². The molecule has 5 rings (SSSR count). The highest BCUT2D eigenvalue weighted by molar-refractivity contribution is 6.30. The summed E-state index contributed by atoms with van der Waals surface area (Å²) in [7, 11) is 0. The normalized spacial score (nSPS) is 10.8. The summed E-state index contributed by atoms with van der Waals surface area (Å²) >= 11 is 5.98. The average Bonchev–Trinajstić information content (AvgIpc) is 3.27. The Balaban J connectivity index is 1.35. The molecule has 0 aliphatic rings. The first-order valence-corrected chi connectivity index (χ1v) is 10.6. The molecule has 5 aromatic rings. The number of amides is 1. The third kappa shape index (κ3) is 4.26. The van der Waals surface area contributed by atoms with Gasteiger partial charge in [0.2, 0.25) is 0 Å². The minimum atomic E-state index is -0.373. The summed E-state index contributed by atoms with van der Waals surface area (Å²) < 4.78 is 7.40. The van der Waals surface area contributed by atoms with Crippen molar-refractivity contribution in [2.75, 3.05) is 5.32 Å². The topological polar surface area (TPSA) is 81.4 Å². The van der Waals surface area contributed by atoms with E-state index in [0.717, 1.165) is 16.9 Å². The van der Waals surface area contributed by atoms with Gasteiger partial charge in [0.1, 0.15) is 11.5 Å². The Morgan fingerprint density at radius 2 is 1.61 bits per heavy atom. The zero-order valence-electron chi connectivity index (χ0n) is 17.6. The maximum Gasteiger partial charge on any atom is 0.278 e. The van der Waals surface area contributed by atoms with Gasteiger partial charge >= 0.3 is 0 Å². The summed E-state index contributed by atoms with van der Waals surface area (Å²) in [5.74, 6) is 1.04. The van der Waals surface area contributed by atoms with Crippen molar-refractivity contribution < 1.29 is 9.53 Å². The van der Waals surface area contributed by atoms with Crippen LogP contribution in [-0.4, -0.2) is 25.7 Å². The molecular weight excluding hydrogens is 438 g/mol. The van der Waals surface area contributed by atoms with E-state index in [1.807, 2.05) is 42.5 Å². The largest absolute Gasteiger partial charge is 0.457 e. The van der Waals surface area contributed by atoms with Gasteiger partial charge in [-0.25, -0.2) is 4.52 Å². The third-order valence-electron chi connectivity index (χ3n) is 5.11. The zero-order valence-corrected chi connectivity index (χ0v) is 18.3. The molecule has 0 aliphatic heterocycles. The van der Waals surface area contributed by atoms with E-state index in [-0.39, 0.29) is 11.6 Å². The third-order valence-corrected chi connectivity index (χ3v) is 5.36. The summed E-state index contributed by atoms with van der Waals surface area (Å²) in [5, 5.41) is 16.3. The van der Waals surface area contributed by atoms with Crippen LogP contribution in [0.15, 0.2) is 85.1 Å². The van der Waals surface area contributed by atoms with E-state index in [2.05, 4.69) is 20.6 Å². The number of anilines is 1. The maximum absolute atomic E-state index is 12.9. The van der Waals surface area contributed by atoms with Crippen molar-refractivity contribution in [2.24, 2.45) is 0 Å². The van der Waals surface area contributed by atoms with Gasteiger partial charge in [0.05, 0.1) is 11.9 Å². The van der Waals surface area contributed by atoms with Gasteiger partial charge in [-0.05, 0) is 61.0 Å². The second-order valence-corrected chi connectivity index (χ2v) is 7.76. The fraction of sp³-hybridized carbons (Fsp3) is 0.0400. The van der Waals surface area contributed by atoms with Crippen molar-refractivity contribution in [2.45, 2.75) is 6.92 Å². The molecule has 2 aromatic heterocycles. The van der Waals surface area contributed by atoms with Gasteiger partial charge in [-0.3, -0.25) is 4.79 Å². The Morgan fingerprint density at radius 3 is 2.33 bits per heavy atom. The van der Waals surface area contributed by atoms with Gasteiger partial charge in [0, 0.05) is 16.3 Å². The minimum absolute atomic E-state index is 0.192. The van der Waals surface area contributed by atoms with Crippen molar-refractivity contribution >= 4 is 28.8 Å². The van der Waals surface area contributed by atoms with Crippen LogP contribution in [0.1, 0.15) is 16.2 Å². The number of ether oxygens (including phenoxy) is 1. The van der Waals surface area contributed by atoms with Crippen LogP contribution in [0.4, 0.5) is 5.69 Å². The molecule has 0 saturated heterocycles. The number of fused-ring (bicyclic) bond motifs is 1. The molecule has 33 heavy (non-hydrogen) atoms. The lowest BCUT2D eigenvalue weighted by molar-refractivity contribution is 0.102. The van der Waals surface area contributed by atoms with Crippen LogP contribution in [-0.2, 0) is 0 Å². The van der Waals surface area contributed by atoms with E-state index in [1.165, 1.54) is 0 Å². The van der Waals surface area contributed by atoms with Crippen LogP contribution >= 0.6 is 11.6 Å². The van der Waals surface area contributed by atoms with E-state index >= 15 is 0 Å². The Labute approximate surface area is 194 Å². The first kappa shape index (κ1) is 20.7.